The van der Waals surface area contributed by atoms with E-state index in [4.69, 9.17) is 5.73 Å². The predicted molar refractivity (Wildman–Crippen MR) is 107 cm³/mol. The summed E-state index contributed by atoms with van der Waals surface area (Å²) in [7, 11) is -3.30. The van der Waals surface area contributed by atoms with Crippen molar-refractivity contribution in [2.45, 2.75) is 38.2 Å². The van der Waals surface area contributed by atoms with Gasteiger partial charge in [0.25, 0.3) is 0 Å². The number of sulfone groups is 1. The molecule has 27 heavy (non-hydrogen) atoms. The summed E-state index contributed by atoms with van der Waals surface area (Å²) in [6, 6.07) is 8.12. The molecule has 0 aliphatic rings. The van der Waals surface area contributed by atoms with Crippen molar-refractivity contribution < 1.29 is 13.2 Å². The van der Waals surface area contributed by atoms with Crippen molar-refractivity contribution in [1.82, 2.24) is 15.3 Å². The highest BCUT2D eigenvalue weighted by Gasteiger charge is 2.19. The maximum atomic E-state index is 12.1. The number of hydrogen-bond acceptors (Lipinski definition) is 6. The summed E-state index contributed by atoms with van der Waals surface area (Å²) in [6.45, 7) is 5.83. The molecule has 1 aromatic carbocycles. The first-order chi connectivity index (χ1) is 12.7. The molecule has 1 aromatic heterocycles. The Labute approximate surface area is 159 Å². The van der Waals surface area contributed by atoms with E-state index in [-0.39, 0.29) is 17.6 Å². The molecule has 0 saturated carbocycles. The van der Waals surface area contributed by atoms with Crippen molar-refractivity contribution in [2.75, 3.05) is 17.6 Å². The lowest BCUT2D eigenvalue weighted by molar-refractivity contribution is 0.252. The van der Waals surface area contributed by atoms with Crippen LogP contribution in [-0.2, 0) is 15.6 Å². The van der Waals surface area contributed by atoms with Crippen LogP contribution in [0.1, 0.15) is 32.9 Å². The molecule has 0 aliphatic heterocycles. The van der Waals surface area contributed by atoms with E-state index in [1.54, 1.807) is 38.1 Å². The molecule has 0 unspecified atom stereocenters. The maximum absolute atomic E-state index is 12.1. The molecular formula is C18H25N5O3S. The Hall–Kier alpha value is -2.68. The van der Waals surface area contributed by atoms with Gasteiger partial charge in [-0.3, -0.25) is 0 Å². The minimum atomic E-state index is -3.30. The number of carbonyl (C=O) groups is 1. The van der Waals surface area contributed by atoms with Crippen LogP contribution in [0.25, 0.3) is 11.4 Å². The van der Waals surface area contributed by atoms with Gasteiger partial charge in [0.05, 0.1) is 16.7 Å². The molecule has 0 saturated heterocycles. The lowest BCUT2D eigenvalue weighted by Gasteiger charge is -2.10. The summed E-state index contributed by atoms with van der Waals surface area (Å²) in [5.74, 6) is 0.350. The number of carbonyl (C=O) groups excluding carboxylic acids is 1. The normalized spacial score (nSPS) is 11.4. The number of amides is 2. The Morgan fingerprint density at radius 3 is 2.44 bits per heavy atom. The number of nitrogens with one attached hydrogen (secondary N) is 2. The van der Waals surface area contributed by atoms with E-state index in [9.17, 15) is 13.2 Å². The average molecular weight is 391 g/mol. The molecule has 2 aromatic rings. The van der Waals surface area contributed by atoms with Crippen molar-refractivity contribution in [1.29, 1.82) is 0 Å². The second-order valence-electron chi connectivity index (χ2n) is 6.42. The van der Waals surface area contributed by atoms with Crippen LogP contribution in [0.4, 0.5) is 16.3 Å². The van der Waals surface area contributed by atoms with Crippen molar-refractivity contribution in [2.24, 2.45) is 0 Å². The highest BCUT2D eigenvalue weighted by atomic mass is 32.2. The fourth-order valence-corrected chi connectivity index (χ4v) is 3.10. The van der Waals surface area contributed by atoms with Gasteiger partial charge in [0.2, 0.25) is 0 Å². The first kappa shape index (κ1) is 20.6. The molecule has 0 fully saturated rings. The largest absolute Gasteiger partial charge is 0.384 e. The molecule has 2 amide bonds. The highest BCUT2D eigenvalue weighted by Crippen LogP contribution is 2.21. The zero-order valence-corrected chi connectivity index (χ0v) is 16.5. The van der Waals surface area contributed by atoms with Crippen molar-refractivity contribution >= 4 is 27.4 Å². The quantitative estimate of drug-likeness (QED) is 0.666. The lowest BCUT2D eigenvalue weighted by Crippen LogP contribution is -2.29. The molecule has 4 N–H and O–H groups in total. The minimum absolute atomic E-state index is 0.193. The number of nitrogens with two attached hydrogens (primary N) is 1. The van der Waals surface area contributed by atoms with E-state index in [0.29, 0.717) is 29.3 Å². The van der Waals surface area contributed by atoms with Crippen molar-refractivity contribution in [3.05, 3.63) is 36.0 Å². The zero-order chi connectivity index (χ0) is 20.0. The predicted octanol–water partition coefficient (Wildman–Crippen LogP) is 2.58. The van der Waals surface area contributed by atoms with E-state index in [0.717, 1.165) is 6.42 Å². The smallest absolute Gasteiger partial charge is 0.319 e. The van der Waals surface area contributed by atoms with Crippen LogP contribution in [0.15, 0.2) is 30.3 Å². The van der Waals surface area contributed by atoms with Crippen LogP contribution in [0.3, 0.4) is 0 Å². The summed E-state index contributed by atoms with van der Waals surface area (Å²) >= 11 is 0. The number of rotatable bonds is 7. The Kier molecular flexibility index (Phi) is 6.73. The van der Waals surface area contributed by atoms with Crippen molar-refractivity contribution in [3.8, 4) is 11.4 Å². The van der Waals surface area contributed by atoms with Crippen LogP contribution >= 0.6 is 0 Å². The lowest BCUT2D eigenvalue weighted by atomic mass is 10.2. The molecule has 9 heteroatoms. The van der Waals surface area contributed by atoms with Gasteiger partial charge in [0, 0.05) is 23.9 Å². The standard InChI is InChI=1S/C18H25N5O3S/c1-4-9-20-18(24)22-14-7-5-13(6-8-14)17-21-15(10-16(19)23-17)11-27(25,26)12(2)3/h5-8,10,12H,4,9,11H2,1-3H3,(H2,19,21,23)(H2,20,22,24). The van der Waals surface area contributed by atoms with E-state index < -0.39 is 15.1 Å². The molecule has 0 bridgehead atoms. The van der Waals surface area contributed by atoms with E-state index in [1.165, 1.54) is 6.07 Å². The van der Waals surface area contributed by atoms with Crippen LogP contribution < -0.4 is 16.4 Å². The van der Waals surface area contributed by atoms with E-state index in [2.05, 4.69) is 20.6 Å². The Morgan fingerprint density at radius 1 is 1.19 bits per heavy atom. The summed E-state index contributed by atoms with van der Waals surface area (Å²) < 4.78 is 24.3. The molecule has 2 rings (SSSR count). The van der Waals surface area contributed by atoms with Gasteiger partial charge in [-0.25, -0.2) is 23.2 Å². The molecule has 8 nitrogen and oxygen atoms in total. The SMILES string of the molecule is CCCNC(=O)Nc1ccc(-c2nc(N)cc(CS(=O)(=O)C(C)C)n2)cc1. The second-order valence-corrected chi connectivity index (χ2v) is 8.98. The van der Waals surface area contributed by atoms with E-state index in [1.807, 2.05) is 6.92 Å². The Balaban J connectivity index is 2.19. The number of anilines is 2. The topological polar surface area (TPSA) is 127 Å². The van der Waals surface area contributed by atoms with E-state index >= 15 is 0 Å². The monoisotopic (exact) mass is 391 g/mol. The summed E-state index contributed by atoms with van der Waals surface area (Å²) in [5.41, 5.74) is 7.47. The molecule has 0 aliphatic carbocycles. The first-order valence-electron chi connectivity index (χ1n) is 8.71. The average Bonchev–Trinajstić information content (AvgIpc) is 2.59. The third-order valence-corrected chi connectivity index (χ3v) is 5.94. The van der Waals surface area contributed by atoms with Gasteiger partial charge in [-0.15, -0.1) is 0 Å². The number of nitrogen functional groups attached to an aromatic ring is 1. The van der Waals surface area contributed by atoms with Crippen LogP contribution in [0.5, 0.6) is 0 Å². The van der Waals surface area contributed by atoms with Gasteiger partial charge in [-0.05, 0) is 44.5 Å². The third kappa shape index (κ3) is 5.92. The molecule has 0 radical (unpaired) electrons. The van der Waals surface area contributed by atoms with Gasteiger partial charge in [0.15, 0.2) is 15.7 Å². The number of hydrogen-bond donors (Lipinski definition) is 3. The Morgan fingerprint density at radius 2 is 1.85 bits per heavy atom. The fourth-order valence-electron chi connectivity index (χ4n) is 2.21. The number of aromatic nitrogens is 2. The number of urea groups is 1. The molecule has 0 spiro atoms. The summed E-state index contributed by atoms with van der Waals surface area (Å²) in [6.07, 6.45) is 0.855. The van der Waals surface area contributed by atoms with Crippen molar-refractivity contribution in [3.63, 3.8) is 0 Å². The van der Waals surface area contributed by atoms with Gasteiger partial charge in [-0.2, -0.15) is 0 Å². The first-order valence-corrected chi connectivity index (χ1v) is 10.4. The maximum Gasteiger partial charge on any atom is 0.319 e. The van der Waals surface area contributed by atoms with Crippen LogP contribution in [-0.4, -0.2) is 36.2 Å². The summed E-state index contributed by atoms with van der Waals surface area (Å²) in [5, 5.41) is 4.95. The van der Waals surface area contributed by atoms with Crippen LogP contribution in [0, 0.1) is 0 Å². The summed E-state index contributed by atoms with van der Waals surface area (Å²) in [4.78, 5) is 20.2. The third-order valence-electron chi connectivity index (χ3n) is 3.80. The molecular weight excluding hydrogens is 366 g/mol. The molecule has 0 atom stereocenters. The highest BCUT2D eigenvalue weighted by molar-refractivity contribution is 7.91. The van der Waals surface area contributed by atoms with Gasteiger partial charge < -0.3 is 16.4 Å². The molecule has 146 valence electrons. The zero-order valence-electron chi connectivity index (χ0n) is 15.7. The molecule has 1 heterocycles. The van der Waals surface area contributed by atoms with Gasteiger partial charge in [0.1, 0.15) is 5.82 Å². The van der Waals surface area contributed by atoms with Crippen LogP contribution in [0.2, 0.25) is 0 Å². The number of benzene rings is 1. The number of nitrogens with zero attached hydrogens (tertiary/aromatic N) is 2. The minimum Gasteiger partial charge on any atom is -0.384 e. The Bertz CT molecular complexity index is 896. The fraction of sp³-hybridized carbons (Fsp3) is 0.389. The van der Waals surface area contributed by atoms with Gasteiger partial charge >= 0.3 is 6.03 Å². The second kappa shape index (κ2) is 8.81. The van der Waals surface area contributed by atoms with Gasteiger partial charge in [-0.1, -0.05) is 6.92 Å².